The molecule has 0 aliphatic heterocycles. The van der Waals surface area contributed by atoms with Crippen LogP contribution in [0.5, 0.6) is 0 Å². The Hall–Kier alpha value is -0.760. The van der Waals surface area contributed by atoms with E-state index in [4.69, 9.17) is 0 Å². The van der Waals surface area contributed by atoms with Crippen LogP contribution in [0.4, 0.5) is 4.39 Å². The zero-order valence-corrected chi connectivity index (χ0v) is 13.0. The molecule has 0 aliphatic rings. The quantitative estimate of drug-likeness (QED) is 0.886. The van der Waals surface area contributed by atoms with E-state index in [-0.39, 0.29) is 16.6 Å². The molecule has 0 spiro atoms. The minimum Gasteiger partial charge on any atom is -0.210 e. The van der Waals surface area contributed by atoms with Crippen LogP contribution in [0.2, 0.25) is 0 Å². The molecule has 1 heterocycles. The summed E-state index contributed by atoms with van der Waals surface area (Å²) in [4.78, 5) is 0. The van der Waals surface area contributed by atoms with E-state index in [1.165, 1.54) is 12.1 Å². The van der Waals surface area contributed by atoms with Crippen LogP contribution >= 0.6 is 27.3 Å². The molecule has 7 heteroatoms. The van der Waals surface area contributed by atoms with Crippen molar-refractivity contribution in [2.75, 3.05) is 6.54 Å². The van der Waals surface area contributed by atoms with Crippen molar-refractivity contribution in [3.63, 3.8) is 0 Å². The maximum absolute atomic E-state index is 12.7. The normalized spacial score (nSPS) is 11.7. The van der Waals surface area contributed by atoms with E-state index in [1.807, 2.05) is 0 Å². The Morgan fingerprint density at radius 3 is 2.42 bits per heavy atom. The van der Waals surface area contributed by atoms with E-state index in [0.717, 1.165) is 20.7 Å². The zero-order chi connectivity index (χ0) is 13.9. The summed E-state index contributed by atoms with van der Waals surface area (Å²) in [6, 6.07) is 9.26. The molecule has 0 atom stereocenters. The van der Waals surface area contributed by atoms with Gasteiger partial charge >= 0.3 is 0 Å². The number of hydrogen-bond acceptors (Lipinski definition) is 3. The molecule has 0 aliphatic carbocycles. The Labute approximate surface area is 123 Å². The van der Waals surface area contributed by atoms with Gasteiger partial charge in [0.15, 0.2) is 0 Å². The van der Waals surface area contributed by atoms with Crippen molar-refractivity contribution >= 4 is 37.3 Å². The van der Waals surface area contributed by atoms with Gasteiger partial charge in [-0.15, -0.1) is 11.3 Å². The fourth-order valence-electron chi connectivity index (χ4n) is 1.49. The summed E-state index contributed by atoms with van der Waals surface area (Å²) < 4.78 is 40.1. The lowest BCUT2D eigenvalue weighted by Crippen LogP contribution is -2.25. The first-order valence-electron chi connectivity index (χ1n) is 5.47. The highest BCUT2D eigenvalue weighted by atomic mass is 79.9. The lowest BCUT2D eigenvalue weighted by atomic mass is 10.1. The van der Waals surface area contributed by atoms with Crippen molar-refractivity contribution in [1.29, 1.82) is 0 Å². The number of benzene rings is 1. The molecule has 0 saturated heterocycles. The van der Waals surface area contributed by atoms with Crippen LogP contribution in [0.3, 0.4) is 0 Å². The Balaban J connectivity index is 1.93. The highest BCUT2D eigenvalue weighted by Crippen LogP contribution is 2.25. The lowest BCUT2D eigenvalue weighted by molar-refractivity contribution is 0.583. The van der Waals surface area contributed by atoms with E-state index < -0.39 is 10.0 Å². The molecule has 0 saturated carbocycles. The molecule has 0 amide bonds. The SMILES string of the molecule is O=S(=O)(NCCc1ccc(F)cc1)c1ccc(Br)s1. The summed E-state index contributed by atoms with van der Waals surface area (Å²) in [7, 11) is -3.45. The molecule has 0 bridgehead atoms. The molecule has 19 heavy (non-hydrogen) atoms. The van der Waals surface area contributed by atoms with Gasteiger partial charge in [-0.25, -0.2) is 17.5 Å². The molecule has 0 fully saturated rings. The lowest BCUT2D eigenvalue weighted by Gasteiger charge is -2.04. The Morgan fingerprint density at radius 1 is 1.16 bits per heavy atom. The first-order chi connectivity index (χ1) is 8.97. The Kier molecular flexibility index (Phi) is 4.72. The number of hydrogen-bond donors (Lipinski definition) is 1. The van der Waals surface area contributed by atoms with Gasteiger partial charge < -0.3 is 0 Å². The third-order valence-corrected chi connectivity index (χ3v) is 6.01. The van der Waals surface area contributed by atoms with Crippen molar-refractivity contribution < 1.29 is 12.8 Å². The average Bonchev–Trinajstić information content (AvgIpc) is 2.79. The fraction of sp³-hybridized carbons (Fsp3) is 0.167. The molecule has 2 aromatic rings. The summed E-state index contributed by atoms with van der Waals surface area (Å²) in [6.45, 7) is 0.281. The van der Waals surface area contributed by atoms with Crippen LogP contribution < -0.4 is 4.72 Å². The standard InChI is InChI=1S/C12H11BrFNO2S2/c13-11-5-6-12(18-11)19(16,17)15-8-7-9-1-3-10(14)4-2-9/h1-6,15H,7-8H2. The van der Waals surface area contributed by atoms with E-state index in [2.05, 4.69) is 20.7 Å². The molecule has 1 aromatic heterocycles. The fourth-order valence-corrected chi connectivity index (χ4v) is 4.58. The third kappa shape index (κ3) is 4.10. The number of sulfonamides is 1. The predicted octanol–water partition coefficient (Wildman–Crippen LogP) is 3.17. The molecular formula is C12H11BrFNO2S2. The van der Waals surface area contributed by atoms with E-state index >= 15 is 0 Å². The van der Waals surface area contributed by atoms with Crippen LogP contribution in [-0.4, -0.2) is 15.0 Å². The molecule has 102 valence electrons. The molecular weight excluding hydrogens is 353 g/mol. The molecule has 1 N–H and O–H groups in total. The summed E-state index contributed by atoms with van der Waals surface area (Å²) in [6.07, 6.45) is 0.520. The molecule has 0 radical (unpaired) electrons. The average molecular weight is 364 g/mol. The Morgan fingerprint density at radius 2 is 1.84 bits per heavy atom. The van der Waals surface area contributed by atoms with E-state index in [9.17, 15) is 12.8 Å². The van der Waals surface area contributed by atoms with Gasteiger partial charge in [0.25, 0.3) is 0 Å². The minimum absolute atomic E-state index is 0.276. The molecule has 1 aromatic carbocycles. The van der Waals surface area contributed by atoms with Gasteiger partial charge in [-0.3, -0.25) is 0 Å². The summed E-state index contributed by atoms with van der Waals surface area (Å²) in [5.41, 5.74) is 0.886. The third-order valence-electron chi connectivity index (χ3n) is 2.43. The molecule has 3 nitrogen and oxygen atoms in total. The highest BCUT2D eigenvalue weighted by Gasteiger charge is 2.15. The maximum atomic E-state index is 12.7. The predicted molar refractivity (Wildman–Crippen MR) is 77.3 cm³/mol. The van der Waals surface area contributed by atoms with Crippen molar-refractivity contribution in [3.8, 4) is 0 Å². The van der Waals surface area contributed by atoms with Crippen molar-refractivity contribution in [2.45, 2.75) is 10.6 Å². The maximum Gasteiger partial charge on any atom is 0.250 e. The Bertz CT molecular complexity index is 653. The van der Waals surface area contributed by atoms with Gasteiger partial charge in [0.2, 0.25) is 10.0 Å². The zero-order valence-electron chi connectivity index (χ0n) is 9.77. The van der Waals surface area contributed by atoms with Gasteiger partial charge in [0.05, 0.1) is 3.79 Å². The summed E-state index contributed by atoms with van der Waals surface area (Å²) in [5.74, 6) is -0.298. The monoisotopic (exact) mass is 363 g/mol. The van der Waals surface area contributed by atoms with Crippen molar-refractivity contribution in [2.24, 2.45) is 0 Å². The first kappa shape index (κ1) is 14.6. The smallest absolute Gasteiger partial charge is 0.210 e. The first-order valence-corrected chi connectivity index (χ1v) is 8.56. The topological polar surface area (TPSA) is 46.2 Å². The largest absolute Gasteiger partial charge is 0.250 e. The molecule has 0 unspecified atom stereocenters. The second-order valence-corrected chi connectivity index (χ2v) is 8.29. The summed E-state index contributed by atoms with van der Waals surface area (Å²) >= 11 is 4.39. The van der Waals surface area contributed by atoms with Crippen LogP contribution in [0, 0.1) is 5.82 Å². The van der Waals surface area contributed by atoms with Crippen LogP contribution in [0.25, 0.3) is 0 Å². The number of thiophene rings is 1. The number of halogens is 2. The van der Waals surface area contributed by atoms with Crippen molar-refractivity contribution in [1.82, 2.24) is 4.72 Å². The number of nitrogens with one attached hydrogen (secondary N) is 1. The molecule has 2 rings (SSSR count). The van der Waals surface area contributed by atoms with Crippen LogP contribution in [0.1, 0.15) is 5.56 Å². The van der Waals surface area contributed by atoms with Crippen LogP contribution in [0.15, 0.2) is 44.4 Å². The van der Waals surface area contributed by atoms with Gasteiger partial charge in [-0.05, 0) is 52.2 Å². The number of rotatable bonds is 5. The van der Waals surface area contributed by atoms with Gasteiger partial charge in [-0.1, -0.05) is 12.1 Å². The van der Waals surface area contributed by atoms with Gasteiger partial charge in [-0.2, -0.15) is 0 Å². The van der Waals surface area contributed by atoms with Crippen LogP contribution in [-0.2, 0) is 16.4 Å². The minimum atomic E-state index is -3.45. The van der Waals surface area contributed by atoms with E-state index in [0.29, 0.717) is 6.42 Å². The van der Waals surface area contributed by atoms with E-state index in [1.54, 1.807) is 24.3 Å². The van der Waals surface area contributed by atoms with Gasteiger partial charge in [0, 0.05) is 6.54 Å². The summed E-state index contributed by atoms with van der Waals surface area (Å²) in [5, 5.41) is 0. The second-order valence-electron chi connectivity index (χ2n) is 3.83. The highest BCUT2D eigenvalue weighted by molar-refractivity contribution is 9.11. The van der Waals surface area contributed by atoms with Gasteiger partial charge in [0.1, 0.15) is 10.0 Å². The van der Waals surface area contributed by atoms with Crippen molar-refractivity contribution in [3.05, 3.63) is 51.6 Å². The second kappa shape index (κ2) is 6.13.